The van der Waals surface area contributed by atoms with Gasteiger partial charge in [0.15, 0.2) is 0 Å². The van der Waals surface area contributed by atoms with E-state index in [4.69, 9.17) is 0 Å². The van der Waals surface area contributed by atoms with Gasteiger partial charge in [-0.25, -0.2) is 8.42 Å². The topological polar surface area (TPSA) is 50.3 Å². The molecule has 152 valence electrons. The minimum atomic E-state index is -4.53. The number of benzene rings is 2. The van der Waals surface area contributed by atoms with E-state index in [0.717, 1.165) is 35.4 Å². The van der Waals surface area contributed by atoms with Gasteiger partial charge in [0.1, 0.15) is 0 Å². The van der Waals surface area contributed by atoms with Gasteiger partial charge in [0, 0.05) is 25.5 Å². The minimum Gasteiger partial charge on any atom is -0.264 e. The molecule has 0 saturated heterocycles. The molecule has 0 amide bonds. The van der Waals surface area contributed by atoms with Crippen molar-refractivity contribution in [2.45, 2.75) is 31.1 Å². The van der Waals surface area contributed by atoms with E-state index in [1.807, 2.05) is 31.2 Å². The van der Waals surface area contributed by atoms with Crippen molar-refractivity contribution in [1.29, 1.82) is 0 Å². The lowest BCUT2D eigenvalue weighted by atomic mass is 10.1. The van der Waals surface area contributed by atoms with Crippen molar-refractivity contribution in [3.63, 3.8) is 0 Å². The van der Waals surface area contributed by atoms with Crippen molar-refractivity contribution in [3.05, 3.63) is 95.3 Å². The number of nitrogens with zero attached hydrogens (tertiary/aromatic N) is 2. The maximum absolute atomic E-state index is 13.2. The van der Waals surface area contributed by atoms with E-state index in [0.29, 0.717) is 5.56 Å². The number of aromatic nitrogens is 1. The van der Waals surface area contributed by atoms with Crippen LogP contribution < -0.4 is 0 Å². The molecule has 1 heterocycles. The highest BCUT2D eigenvalue weighted by Gasteiger charge is 2.32. The fourth-order valence-electron chi connectivity index (χ4n) is 2.86. The van der Waals surface area contributed by atoms with Crippen LogP contribution in [0.15, 0.2) is 78.0 Å². The number of pyridine rings is 1. The third-order valence-corrected chi connectivity index (χ3v) is 6.32. The van der Waals surface area contributed by atoms with E-state index >= 15 is 0 Å². The Kier molecular flexibility index (Phi) is 6.04. The number of sulfonamides is 1. The Morgan fingerprint density at radius 2 is 1.62 bits per heavy atom. The van der Waals surface area contributed by atoms with Crippen molar-refractivity contribution in [2.75, 3.05) is 0 Å². The molecule has 0 unspecified atom stereocenters. The van der Waals surface area contributed by atoms with Crippen LogP contribution in [0.3, 0.4) is 0 Å². The largest absolute Gasteiger partial charge is 0.416 e. The second-order valence-electron chi connectivity index (χ2n) is 6.58. The molecule has 8 heteroatoms. The van der Waals surface area contributed by atoms with E-state index in [2.05, 4.69) is 4.98 Å². The van der Waals surface area contributed by atoms with E-state index < -0.39 is 21.8 Å². The van der Waals surface area contributed by atoms with Gasteiger partial charge in [-0.05, 0) is 53.9 Å². The van der Waals surface area contributed by atoms with Crippen molar-refractivity contribution < 1.29 is 21.6 Å². The third kappa shape index (κ3) is 5.02. The molecule has 3 rings (SSSR count). The normalized spacial score (nSPS) is 12.3. The van der Waals surface area contributed by atoms with E-state index in [9.17, 15) is 21.6 Å². The van der Waals surface area contributed by atoms with Crippen LogP contribution in [0.1, 0.15) is 22.3 Å². The zero-order valence-corrected chi connectivity index (χ0v) is 16.4. The zero-order valence-electron chi connectivity index (χ0n) is 15.6. The van der Waals surface area contributed by atoms with Gasteiger partial charge in [-0.2, -0.15) is 17.5 Å². The van der Waals surface area contributed by atoms with Crippen LogP contribution in [0.2, 0.25) is 0 Å². The number of rotatable bonds is 6. The Morgan fingerprint density at radius 3 is 2.21 bits per heavy atom. The molecule has 0 radical (unpaired) electrons. The maximum Gasteiger partial charge on any atom is 0.416 e. The molecular formula is C21H19F3N2O2S. The molecule has 1 aromatic heterocycles. The fraction of sp³-hybridized carbons (Fsp3) is 0.190. The molecule has 0 aliphatic heterocycles. The predicted octanol–water partition coefficient (Wildman–Crippen LogP) is 4.80. The van der Waals surface area contributed by atoms with Crippen molar-refractivity contribution in [1.82, 2.24) is 9.29 Å². The van der Waals surface area contributed by atoms with Gasteiger partial charge in [0.05, 0.1) is 10.5 Å². The molecule has 0 N–H and O–H groups in total. The molecule has 2 aromatic carbocycles. The fourth-order valence-corrected chi connectivity index (χ4v) is 4.27. The number of alkyl halides is 3. The van der Waals surface area contributed by atoms with Gasteiger partial charge >= 0.3 is 6.18 Å². The number of hydrogen-bond acceptors (Lipinski definition) is 3. The molecule has 0 fully saturated rings. The van der Waals surface area contributed by atoms with Crippen LogP contribution in [0.5, 0.6) is 0 Å². The number of hydrogen-bond donors (Lipinski definition) is 0. The molecular weight excluding hydrogens is 401 g/mol. The Labute approximate surface area is 167 Å². The predicted molar refractivity (Wildman–Crippen MR) is 103 cm³/mol. The summed E-state index contributed by atoms with van der Waals surface area (Å²) >= 11 is 0. The second kappa shape index (κ2) is 8.34. The van der Waals surface area contributed by atoms with Gasteiger partial charge < -0.3 is 0 Å². The highest BCUT2D eigenvalue weighted by atomic mass is 32.2. The van der Waals surface area contributed by atoms with E-state index in [-0.39, 0.29) is 18.0 Å². The lowest BCUT2D eigenvalue weighted by Crippen LogP contribution is -2.30. The molecule has 0 atom stereocenters. The Balaban J connectivity index is 1.98. The highest BCUT2D eigenvalue weighted by molar-refractivity contribution is 7.89. The van der Waals surface area contributed by atoms with Crippen LogP contribution in [0, 0.1) is 6.92 Å². The van der Waals surface area contributed by atoms with E-state index in [1.165, 1.54) is 4.31 Å². The smallest absolute Gasteiger partial charge is 0.264 e. The summed E-state index contributed by atoms with van der Waals surface area (Å²) in [5.74, 6) is 0. The average Bonchev–Trinajstić information content (AvgIpc) is 2.69. The molecule has 0 saturated carbocycles. The Morgan fingerprint density at radius 1 is 0.931 bits per heavy atom. The second-order valence-corrected chi connectivity index (χ2v) is 8.52. The van der Waals surface area contributed by atoms with Gasteiger partial charge in [-0.15, -0.1) is 0 Å². The highest BCUT2D eigenvalue weighted by Crippen LogP contribution is 2.30. The third-order valence-electron chi connectivity index (χ3n) is 4.51. The zero-order chi connectivity index (χ0) is 21.1. The van der Waals surface area contributed by atoms with Gasteiger partial charge in [-0.1, -0.05) is 30.3 Å². The lowest BCUT2D eigenvalue weighted by molar-refractivity contribution is -0.137. The standard InChI is InChI=1S/C21H19F3N2O2S/c1-16-5-2-3-7-18(16)15-26(14-17-6-4-12-25-13-17)29(27,28)20-10-8-19(9-11-20)21(22,23)24/h2-13H,14-15H2,1H3. The summed E-state index contributed by atoms with van der Waals surface area (Å²) in [6.07, 6.45) is -1.38. The first kappa shape index (κ1) is 21.0. The van der Waals surface area contributed by atoms with Gasteiger partial charge in [-0.3, -0.25) is 4.98 Å². The first-order valence-electron chi connectivity index (χ1n) is 8.79. The molecule has 29 heavy (non-hydrogen) atoms. The van der Waals surface area contributed by atoms with Crippen LogP contribution in [-0.4, -0.2) is 17.7 Å². The van der Waals surface area contributed by atoms with Gasteiger partial charge in [0.25, 0.3) is 0 Å². The summed E-state index contributed by atoms with van der Waals surface area (Å²) in [4.78, 5) is 3.82. The summed E-state index contributed by atoms with van der Waals surface area (Å²) in [6, 6.07) is 14.4. The maximum atomic E-state index is 13.2. The molecule has 0 spiro atoms. The number of aryl methyl sites for hydroxylation is 1. The SMILES string of the molecule is Cc1ccccc1CN(Cc1cccnc1)S(=O)(=O)c1ccc(C(F)(F)F)cc1. The van der Waals surface area contributed by atoms with Crippen LogP contribution in [0.25, 0.3) is 0 Å². The quantitative estimate of drug-likeness (QED) is 0.576. The summed E-state index contributed by atoms with van der Waals surface area (Å²) < 4.78 is 66.2. The molecule has 0 bridgehead atoms. The van der Waals surface area contributed by atoms with E-state index in [1.54, 1.807) is 24.5 Å². The van der Waals surface area contributed by atoms with Crippen LogP contribution in [0.4, 0.5) is 13.2 Å². The first-order valence-corrected chi connectivity index (χ1v) is 10.2. The van der Waals surface area contributed by atoms with Crippen molar-refractivity contribution in [2.24, 2.45) is 0 Å². The van der Waals surface area contributed by atoms with Gasteiger partial charge in [0.2, 0.25) is 10.0 Å². The van der Waals surface area contributed by atoms with Crippen molar-refractivity contribution in [3.8, 4) is 0 Å². The molecule has 0 aliphatic rings. The summed E-state index contributed by atoms with van der Waals surface area (Å²) in [6.45, 7) is 2.01. The summed E-state index contributed by atoms with van der Waals surface area (Å²) in [5, 5.41) is 0. The van der Waals surface area contributed by atoms with Crippen molar-refractivity contribution >= 4 is 10.0 Å². The summed E-state index contributed by atoms with van der Waals surface area (Å²) in [7, 11) is -4.04. The number of halogens is 3. The average molecular weight is 420 g/mol. The first-order chi connectivity index (χ1) is 13.7. The summed E-state index contributed by atoms with van der Waals surface area (Å²) in [5.41, 5.74) is 1.52. The Bertz CT molecular complexity index is 1070. The monoisotopic (exact) mass is 420 g/mol. The molecule has 0 aliphatic carbocycles. The van der Waals surface area contributed by atoms with Crippen LogP contribution in [-0.2, 0) is 29.3 Å². The van der Waals surface area contributed by atoms with Crippen LogP contribution >= 0.6 is 0 Å². The molecule has 3 aromatic rings. The lowest BCUT2D eigenvalue weighted by Gasteiger charge is -2.23. The Hall–Kier alpha value is -2.71. The minimum absolute atomic E-state index is 0.0472. The molecule has 4 nitrogen and oxygen atoms in total.